The van der Waals surface area contributed by atoms with Gasteiger partial charge in [-0.15, -0.1) is 0 Å². The Morgan fingerprint density at radius 3 is 2.05 bits per heavy atom. The van der Waals surface area contributed by atoms with Gasteiger partial charge in [-0.2, -0.15) is 0 Å². The van der Waals surface area contributed by atoms with Gasteiger partial charge in [0.05, 0.1) is 20.6 Å². The van der Waals surface area contributed by atoms with Gasteiger partial charge in [0.2, 0.25) is 11.8 Å². The normalized spacial score (nSPS) is 12.0. The zero-order valence-electron chi connectivity index (χ0n) is 24.8. The first-order chi connectivity index (χ1) is 21.0. The number of amides is 2. The lowest BCUT2D eigenvalue weighted by molar-refractivity contribution is -0.140. The minimum Gasteiger partial charge on any atom is -0.352 e. The largest absolute Gasteiger partial charge is 0.352 e. The lowest BCUT2D eigenvalue weighted by Gasteiger charge is -2.34. The van der Waals surface area contributed by atoms with Crippen molar-refractivity contribution in [2.45, 2.75) is 50.7 Å². The number of halogens is 2. The van der Waals surface area contributed by atoms with Crippen LogP contribution in [0.1, 0.15) is 30.5 Å². The molecule has 0 saturated carbocycles. The third-order valence-electron chi connectivity index (χ3n) is 6.94. The fraction of sp³-hybridized carbons (Fsp3) is 0.235. The molecule has 0 radical (unpaired) electrons. The van der Waals surface area contributed by atoms with E-state index in [2.05, 4.69) is 5.32 Å². The number of nitrogens with zero attached hydrogens (tertiary/aromatic N) is 2. The molecule has 0 spiro atoms. The predicted octanol–water partition coefficient (Wildman–Crippen LogP) is 6.66. The van der Waals surface area contributed by atoms with Gasteiger partial charge >= 0.3 is 0 Å². The Balaban J connectivity index is 1.82. The maximum absolute atomic E-state index is 14.4. The molecule has 7 nitrogen and oxygen atoms in total. The van der Waals surface area contributed by atoms with Crippen LogP contribution in [-0.4, -0.2) is 43.8 Å². The molecule has 2 amide bonds. The number of benzene rings is 4. The van der Waals surface area contributed by atoms with Crippen molar-refractivity contribution in [1.82, 2.24) is 10.2 Å². The first-order valence-electron chi connectivity index (χ1n) is 14.2. The molecule has 0 aliphatic rings. The van der Waals surface area contributed by atoms with E-state index in [0.717, 1.165) is 21.0 Å². The fourth-order valence-corrected chi connectivity index (χ4v) is 6.55. The first-order valence-corrected chi connectivity index (χ1v) is 16.4. The quantitative estimate of drug-likeness (QED) is 0.186. The highest BCUT2D eigenvalue weighted by atomic mass is 35.5. The molecule has 0 fully saturated rings. The van der Waals surface area contributed by atoms with Gasteiger partial charge in [-0.25, -0.2) is 8.42 Å². The van der Waals surface area contributed by atoms with E-state index in [0.29, 0.717) is 0 Å². The SMILES string of the molecule is Cc1cccc(CN(C(=O)CN(c2ccc(Cl)c(Cl)c2)S(=O)(=O)c2ccccc2)[C@@H](Cc2ccccc2)C(=O)NC(C)C)c1. The van der Waals surface area contributed by atoms with Crippen molar-refractivity contribution in [3.63, 3.8) is 0 Å². The van der Waals surface area contributed by atoms with Crippen molar-refractivity contribution in [3.05, 3.63) is 130 Å². The van der Waals surface area contributed by atoms with Crippen molar-refractivity contribution in [2.24, 2.45) is 0 Å². The molecular formula is C34H35Cl2N3O4S. The maximum atomic E-state index is 14.4. The first kappa shape index (κ1) is 33.1. The van der Waals surface area contributed by atoms with Crippen LogP contribution < -0.4 is 9.62 Å². The van der Waals surface area contributed by atoms with Gasteiger partial charge in [-0.3, -0.25) is 13.9 Å². The van der Waals surface area contributed by atoms with E-state index < -0.39 is 28.5 Å². The smallest absolute Gasteiger partial charge is 0.264 e. The van der Waals surface area contributed by atoms with Gasteiger partial charge in [0, 0.05) is 19.0 Å². The summed E-state index contributed by atoms with van der Waals surface area (Å²) in [4.78, 5) is 29.7. The molecule has 1 atom stereocenters. The maximum Gasteiger partial charge on any atom is 0.264 e. The third-order valence-corrected chi connectivity index (χ3v) is 9.47. The molecule has 0 bridgehead atoms. The highest BCUT2D eigenvalue weighted by Gasteiger charge is 2.35. The Morgan fingerprint density at radius 1 is 0.795 bits per heavy atom. The van der Waals surface area contributed by atoms with Crippen molar-refractivity contribution < 1.29 is 18.0 Å². The van der Waals surface area contributed by atoms with Gasteiger partial charge in [0.1, 0.15) is 12.6 Å². The number of rotatable bonds is 12. The number of anilines is 1. The number of aryl methyl sites for hydroxylation is 1. The van der Waals surface area contributed by atoms with Crippen LogP contribution in [0.15, 0.2) is 108 Å². The molecule has 10 heteroatoms. The van der Waals surface area contributed by atoms with E-state index in [9.17, 15) is 18.0 Å². The van der Waals surface area contributed by atoms with E-state index >= 15 is 0 Å². The second kappa shape index (κ2) is 14.8. The monoisotopic (exact) mass is 651 g/mol. The van der Waals surface area contributed by atoms with Crippen LogP contribution in [-0.2, 0) is 32.6 Å². The second-order valence-electron chi connectivity index (χ2n) is 10.8. The predicted molar refractivity (Wildman–Crippen MR) is 176 cm³/mol. The molecule has 0 heterocycles. The number of hydrogen-bond acceptors (Lipinski definition) is 4. The zero-order valence-corrected chi connectivity index (χ0v) is 27.1. The molecule has 230 valence electrons. The lowest BCUT2D eigenvalue weighted by Crippen LogP contribution is -2.54. The van der Waals surface area contributed by atoms with Crippen LogP contribution in [0.25, 0.3) is 0 Å². The van der Waals surface area contributed by atoms with Crippen LogP contribution >= 0.6 is 23.2 Å². The molecular weight excluding hydrogens is 617 g/mol. The lowest BCUT2D eigenvalue weighted by atomic mass is 10.0. The fourth-order valence-electron chi connectivity index (χ4n) is 4.83. The van der Waals surface area contributed by atoms with E-state index in [4.69, 9.17) is 23.2 Å². The summed E-state index contributed by atoms with van der Waals surface area (Å²) in [5, 5.41) is 3.34. The third kappa shape index (κ3) is 8.40. The topological polar surface area (TPSA) is 86.8 Å². The average molecular weight is 653 g/mol. The van der Waals surface area contributed by atoms with Gasteiger partial charge in [-0.05, 0) is 62.2 Å². The second-order valence-corrected chi connectivity index (χ2v) is 13.5. The Bertz CT molecular complexity index is 1700. The van der Waals surface area contributed by atoms with Crippen LogP contribution in [0, 0.1) is 6.92 Å². The average Bonchev–Trinajstić information content (AvgIpc) is 2.99. The minimum absolute atomic E-state index is 0.00231. The molecule has 0 unspecified atom stereocenters. The molecule has 0 aliphatic heterocycles. The highest BCUT2D eigenvalue weighted by molar-refractivity contribution is 7.92. The number of nitrogens with one attached hydrogen (secondary N) is 1. The van der Waals surface area contributed by atoms with Gasteiger partial charge in [-0.1, -0.05) is 102 Å². The molecule has 0 aliphatic carbocycles. The zero-order chi connectivity index (χ0) is 31.9. The summed E-state index contributed by atoms with van der Waals surface area (Å²) in [6.45, 7) is 5.15. The number of hydrogen-bond donors (Lipinski definition) is 1. The van der Waals surface area contributed by atoms with E-state index in [1.165, 1.54) is 35.2 Å². The Labute approximate surface area is 269 Å². The van der Waals surface area contributed by atoms with Crippen molar-refractivity contribution in [3.8, 4) is 0 Å². The number of sulfonamides is 1. The van der Waals surface area contributed by atoms with Crippen LogP contribution in [0.3, 0.4) is 0 Å². The molecule has 4 aromatic carbocycles. The summed E-state index contributed by atoms with van der Waals surface area (Å²) in [5.41, 5.74) is 2.82. The number of carbonyl (C=O) groups excluding carboxylic acids is 2. The summed E-state index contributed by atoms with van der Waals surface area (Å²) < 4.78 is 29.1. The van der Waals surface area contributed by atoms with Crippen molar-refractivity contribution in [2.75, 3.05) is 10.8 Å². The van der Waals surface area contributed by atoms with Gasteiger partial charge in [0.15, 0.2) is 0 Å². The van der Waals surface area contributed by atoms with E-state index in [1.807, 2.05) is 75.4 Å². The summed E-state index contributed by atoms with van der Waals surface area (Å²) in [5.74, 6) is -0.895. The van der Waals surface area contributed by atoms with Crippen LogP contribution in [0.5, 0.6) is 0 Å². The molecule has 0 aromatic heterocycles. The minimum atomic E-state index is -4.23. The highest BCUT2D eigenvalue weighted by Crippen LogP contribution is 2.31. The van der Waals surface area contributed by atoms with E-state index in [-0.39, 0.29) is 45.5 Å². The standard InChI is InChI=1S/C34H35Cl2N3O4S/c1-24(2)37-34(41)32(20-26-12-6-4-7-13-26)38(22-27-14-10-11-25(3)19-27)33(40)23-39(28-17-18-30(35)31(36)21-28)44(42,43)29-15-8-5-9-16-29/h4-19,21,24,32H,20,22-23H2,1-3H3,(H,37,41)/t32-/m0/s1. The summed E-state index contributed by atoms with van der Waals surface area (Å²) in [7, 11) is -4.23. The van der Waals surface area contributed by atoms with Gasteiger partial charge in [0.25, 0.3) is 10.0 Å². The Morgan fingerprint density at radius 2 is 1.43 bits per heavy atom. The Kier molecular flexibility index (Phi) is 11.1. The van der Waals surface area contributed by atoms with Crippen LogP contribution in [0.2, 0.25) is 10.0 Å². The Hall–Kier alpha value is -3.85. The number of carbonyl (C=O) groups is 2. The molecule has 4 rings (SSSR count). The van der Waals surface area contributed by atoms with Crippen molar-refractivity contribution >= 4 is 50.7 Å². The molecule has 0 saturated heterocycles. The van der Waals surface area contributed by atoms with E-state index in [1.54, 1.807) is 18.2 Å². The van der Waals surface area contributed by atoms with Crippen molar-refractivity contribution in [1.29, 1.82) is 0 Å². The van der Waals surface area contributed by atoms with Gasteiger partial charge < -0.3 is 10.2 Å². The summed E-state index contributed by atoms with van der Waals surface area (Å²) in [6, 6.07) is 28.2. The molecule has 44 heavy (non-hydrogen) atoms. The van der Waals surface area contributed by atoms with Crippen LogP contribution in [0.4, 0.5) is 5.69 Å². The molecule has 1 N–H and O–H groups in total. The molecule has 4 aromatic rings. The summed E-state index contributed by atoms with van der Waals surface area (Å²) >= 11 is 12.5. The summed E-state index contributed by atoms with van der Waals surface area (Å²) in [6.07, 6.45) is 0.231.